The predicted octanol–water partition coefficient (Wildman–Crippen LogP) is 4.96. The highest BCUT2D eigenvalue weighted by atomic mass is 16.3. The Labute approximate surface area is 187 Å². The molecule has 4 saturated carbocycles. The lowest BCUT2D eigenvalue weighted by atomic mass is 9.42. The Morgan fingerprint density at radius 2 is 1.94 bits per heavy atom. The lowest BCUT2D eigenvalue weighted by Crippen LogP contribution is -2.56. The third kappa shape index (κ3) is 3.24. The molecule has 4 aliphatic rings. The van der Waals surface area contributed by atoms with Gasteiger partial charge in [-0.1, -0.05) is 19.1 Å². The van der Waals surface area contributed by atoms with Crippen LogP contribution in [0.3, 0.4) is 0 Å². The van der Waals surface area contributed by atoms with Gasteiger partial charge in [0.2, 0.25) is 0 Å². The van der Waals surface area contributed by atoms with Crippen LogP contribution in [0.2, 0.25) is 0 Å². The molecule has 5 rings (SSSR count). The maximum atomic E-state index is 13.4. The Morgan fingerprint density at radius 1 is 1.13 bits per heavy atom. The largest absolute Gasteiger partial charge is 0.390 e. The summed E-state index contributed by atoms with van der Waals surface area (Å²) in [7, 11) is 0. The second-order valence-corrected chi connectivity index (χ2v) is 12.1. The Morgan fingerprint density at radius 3 is 2.65 bits per heavy atom. The van der Waals surface area contributed by atoms with Gasteiger partial charge in [0.05, 0.1) is 17.5 Å². The van der Waals surface area contributed by atoms with E-state index in [0.29, 0.717) is 29.6 Å². The molecular weight excluding hydrogens is 386 g/mol. The molecule has 0 aliphatic heterocycles. The maximum Gasteiger partial charge on any atom is 0.157 e. The molecule has 1 N–H and O–H groups in total. The summed E-state index contributed by atoms with van der Waals surface area (Å²) in [6, 6.07) is 0. The quantitative estimate of drug-likeness (QED) is 0.738. The van der Waals surface area contributed by atoms with Gasteiger partial charge in [-0.25, -0.2) is 4.68 Å². The summed E-state index contributed by atoms with van der Waals surface area (Å²) in [5.41, 5.74) is 1.07. The highest BCUT2D eigenvalue weighted by Crippen LogP contribution is 2.69. The normalized spacial score (nSPS) is 46.8. The summed E-state index contributed by atoms with van der Waals surface area (Å²) in [4.78, 5) is 13.4. The molecule has 0 bridgehead atoms. The fourth-order valence-electron chi connectivity index (χ4n) is 9.20. The standard InChI is InChI=1S/C26H41N3O2/c1-5-26-13-12-24(3,31)14-18(26)6-7-19-20-8-9-22(25(20,4)11-10-21(19)26)23(30)16-29-17(2)15-27-28-29/h15,18-22,31H,5-14,16H2,1-4H3/t18-,19-,20-,21-,22+,24+,25-,26-/m0/s1. The Hall–Kier alpha value is -1.23. The van der Waals surface area contributed by atoms with Crippen molar-refractivity contribution in [2.24, 2.45) is 40.4 Å². The van der Waals surface area contributed by atoms with Crippen molar-refractivity contribution in [3.8, 4) is 0 Å². The fourth-order valence-corrected chi connectivity index (χ4v) is 9.20. The van der Waals surface area contributed by atoms with E-state index in [-0.39, 0.29) is 11.3 Å². The number of carbonyl (C=O) groups excluding carboxylic acids is 1. The first-order valence-corrected chi connectivity index (χ1v) is 12.8. The molecule has 5 heteroatoms. The van der Waals surface area contributed by atoms with Crippen LogP contribution < -0.4 is 0 Å². The van der Waals surface area contributed by atoms with Gasteiger partial charge in [-0.15, -0.1) is 5.10 Å². The highest BCUT2D eigenvalue weighted by Gasteiger charge is 2.62. The number of ketones is 1. The molecule has 31 heavy (non-hydrogen) atoms. The Bertz CT molecular complexity index is 847. The number of carbonyl (C=O) groups is 1. The van der Waals surface area contributed by atoms with Crippen LogP contribution in [0.1, 0.15) is 90.7 Å². The molecule has 0 unspecified atom stereocenters. The van der Waals surface area contributed by atoms with Gasteiger partial charge in [0, 0.05) is 5.92 Å². The average molecular weight is 428 g/mol. The van der Waals surface area contributed by atoms with Crippen molar-refractivity contribution in [1.29, 1.82) is 0 Å². The summed E-state index contributed by atoms with van der Waals surface area (Å²) >= 11 is 0. The number of hydrogen-bond donors (Lipinski definition) is 1. The number of aromatic nitrogens is 3. The SMILES string of the molecule is CC[C@]12CC[C@@](C)(O)C[C@@H]1CC[C@H]1[C@@H]3CC[C@H](C(=O)Cn4nncc4C)[C@@]3(C)CC[C@@H]12. The second kappa shape index (κ2) is 7.40. The predicted molar refractivity (Wildman–Crippen MR) is 120 cm³/mol. The smallest absolute Gasteiger partial charge is 0.157 e. The summed E-state index contributed by atoms with van der Waals surface area (Å²) in [5.74, 6) is 3.46. The van der Waals surface area contributed by atoms with Crippen LogP contribution in [0.4, 0.5) is 0 Å². The van der Waals surface area contributed by atoms with E-state index in [2.05, 4.69) is 31.1 Å². The van der Waals surface area contributed by atoms with Crippen LogP contribution in [0, 0.1) is 47.3 Å². The molecule has 0 spiro atoms. The van der Waals surface area contributed by atoms with E-state index >= 15 is 0 Å². The van der Waals surface area contributed by atoms with E-state index < -0.39 is 5.60 Å². The molecule has 172 valence electrons. The zero-order valence-electron chi connectivity index (χ0n) is 19.9. The van der Waals surface area contributed by atoms with Crippen molar-refractivity contribution in [2.75, 3.05) is 0 Å². The molecule has 8 atom stereocenters. The molecule has 1 aromatic rings. The third-order valence-corrected chi connectivity index (χ3v) is 10.8. The molecule has 0 amide bonds. The Balaban J connectivity index is 1.37. The molecule has 0 radical (unpaired) electrons. The lowest BCUT2D eigenvalue weighted by molar-refractivity contribution is -0.158. The highest BCUT2D eigenvalue weighted by molar-refractivity contribution is 5.82. The van der Waals surface area contributed by atoms with Crippen LogP contribution in [0.25, 0.3) is 0 Å². The van der Waals surface area contributed by atoms with E-state index in [1.54, 1.807) is 10.9 Å². The number of aryl methyl sites for hydroxylation is 1. The van der Waals surface area contributed by atoms with Crippen LogP contribution in [-0.2, 0) is 11.3 Å². The zero-order valence-corrected chi connectivity index (χ0v) is 19.9. The van der Waals surface area contributed by atoms with Crippen molar-refractivity contribution in [3.05, 3.63) is 11.9 Å². The molecule has 1 heterocycles. The van der Waals surface area contributed by atoms with Gasteiger partial charge in [0.1, 0.15) is 6.54 Å². The van der Waals surface area contributed by atoms with E-state index in [9.17, 15) is 9.90 Å². The Kier molecular flexibility index (Phi) is 5.16. The van der Waals surface area contributed by atoms with Gasteiger partial charge in [-0.2, -0.15) is 0 Å². The van der Waals surface area contributed by atoms with Crippen molar-refractivity contribution < 1.29 is 9.90 Å². The van der Waals surface area contributed by atoms with Gasteiger partial charge in [0.25, 0.3) is 0 Å². The number of nitrogens with zero attached hydrogens (tertiary/aromatic N) is 3. The van der Waals surface area contributed by atoms with Gasteiger partial charge < -0.3 is 5.11 Å². The van der Waals surface area contributed by atoms with Crippen LogP contribution >= 0.6 is 0 Å². The van der Waals surface area contributed by atoms with E-state index in [1.165, 1.54) is 44.9 Å². The minimum Gasteiger partial charge on any atom is -0.390 e. The van der Waals surface area contributed by atoms with Crippen LogP contribution in [-0.4, -0.2) is 31.5 Å². The number of rotatable bonds is 4. The molecule has 0 aromatic carbocycles. The van der Waals surface area contributed by atoms with Crippen molar-refractivity contribution in [1.82, 2.24) is 15.0 Å². The molecule has 0 saturated heterocycles. The minimum absolute atomic E-state index is 0.147. The van der Waals surface area contributed by atoms with E-state index in [1.807, 2.05) is 6.92 Å². The number of fused-ring (bicyclic) bond motifs is 5. The van der Waals surface area contributed by atoms with Crippen molar-refractivity contribution in [3.63, 3.8) is 0 Å². The van der Waals surface area contributed by atoms with Crippen LogP contribution in [0.5, 0.6) is 0 Å². The number of aliphatic hydroxyl groups is 1. The van der Waals surface area contributed by atoms with Gasteiger partial charge in [-0.3, -0.25) is 4.79 Å². The minimum atomic E-state index is -0.469. The number of Topliss-reactive ketones (excluding diaryl/α,β-unsaturated/α-hetero) is 1. The fraction of sp³-hybridized carbons (Fsp3) is 0.885. The number of hydrogen-bond acceptors (Lipinski definition) is 4. The van der Waals surface area contributed by atoms with Gasteiger partial charge in [-0.05, 0) is 113 Å². The molecule has 4 aliphatic carbocycles. The van der Waals surface area contributed by atoms with E-state index in [0.717, 1.165) is 36.8 Å². The van der Waals surface area contributed by atoms with Gasteiger partial charge in [0.15, 0.2) is 5.78 Å². The molecular formula is C26H41N3O2. The average Bonchev–Trinajstić information content (AvgIpc) is 3.29. The lowest BCUT2D eigenvalue weighted by Gasteiger charge is -2.63. The van der Waals surface area contributed by atoms with E-state index in [4.69, 9.17) is 0 Å². The summed E-state index contributed by atoms with van der Waals surface area (Å²) in [5, 5.41) is 18.9. The van der Waals surface area contributed by atoms with Crippen LogP contribution in [0.15, 0.2) is 6.20 Å². The third-order valence-electron chi connectivity index (χ3n) is 10.8. The monoisotopic (exact) mass is 427 g/mol. The summed E-state index contributed by atoms with van der Waals surface area (Å²) < 4.78 is 1.77. The molecule has 5 nitrogen and oxygen atoms in total. The van der Waals surface area contributed by atoms with Crippen molar-refractivity contribution in [2.45, 2.75) is 104 Å². The first-order chi connectivity index (χ1) is 14.7. The van der Waals surface area contributed by atoms with Crippen molar-refractivity contribution >= 4 is 5.78 Å². The first-order valence-electron chi connectivity index (χ1n) is 12.8. The second-order valence-electron chi connectivity index (χ2n) is 12.1. The summed E-state index contributed by atoms with van der Waals surface area (Å²) in [6.07, 6.45) is 13.4. The maximum absolute atomic E-state index is 13.4. The topological polar surface area (TPSA) is 68.0 Å². The van der Waals surface area contributed by atoms with Gasteiger partial charge >= 0.3 is 0 Å². The first kappa shape index (κ1) is 21.6. The molecule has 1 aromatic heterocycles. The zero-order chi connectivity index (χ0) is 22.0. The summed E-state index contributed by atoms with van der Waals surface area (Å²) in [6.45, 7) is 9.25. The molecule has 4 fully saturated rings.